The minimum Gasteiger partial charge on any atom is -0.351 e. The molecule has 100 valence electrons. The fourth-order valence-corrected chi connectivity index (χ4v) is 3.18. The summed E-state index contributed by atoms with van der Waals surface area (Å²) in [5.41, 5.74) is -0.232. The molecule has 1 fully saturated rings. The molecule has 1 atom stereocenters. The molecule has 1 aliphatic rings. The van der Waals surface area contributed by atoms with E-state index in [1.165, 1.54) is 0 Å². The van der Waals surface area contributed by atoms with E-state index in [2.05, 4.69) is 10.6 Å². The number of sulfone groups is 1. The molecule has 5 nitrogen and oxygen atoms in total. The minimum atomic E-state index is -2.97. The highest BCUT2D eigenvalue weighted by atomic mass is 32.2. The average molecular weight is 262 g/mol. The third-order valence-corrected chi connectivity index (χ3v) is 4.83. The van der Waals surface area contributed by atoms with Crippen molar-refractivity contribution in [2.75, 3.05) is 18.1 Å². The minimum absolute atomic E-state index is 0.0625. The highest BCUT2D eigenvalue weighted by molar-refractivity contribution is 7.91. The van der Waals surface area contributed by atoms with Gasteiger partial charge >= 0.3 is 0 Å². The Morgan fingerprint density at radius 2 is 2.12 bits per heavy atom. The summed E-state index contributed by atoms with van der Waals surface area (Å²) < 4.78 is 22.8. The van der Waals surface area contributed by atoms with Crippen molar-refractivity contribution in [2.45, 2.75) is 45.2 Å². The Labute approximate surface area is 103 Å². The van der Waals surface area contributed by atoms with E-state index in [0.717, 1.165) is 6.42 Å². The fourth-order valence-electron chi connectivity index (χ4n) is 1.74. The summed E-state index contributed by atoms with van der Waals surface area (Å²) in [5.74, 6) is 0.143. The predicted molar refractivity (Wildman–Crippen MR) is 67.6 cm³/mol. The van der Waals surface area contributed by atoms with Gasteiger partial charge in [0.25, 0.3) is 0 Å². The van der Waals surface area contributed by atoms with Gasteiger partial charge in [-0.1, -0.05) is 6.92 Å². The molecule has 1 saturated heterocycles. The Hall–Kier alpha value is -0.620. The number of nitrogens with one attached hydrogen (secondary N) is 2. The second-order valence-corrected chi connectivity index (χ2v) is 7.48. The summed E-state index contributed by atoms with van der Waals surface area (Å²) in [5, 5.41) is 5.98. The average Bonchev–Trinajstić information content (AvgIpc) is 2.14. The van der Waals surface area contributed by atoms with E-state index in [4.69, 9.17) is 0 Å². The van der Waals surface area contributed by atoms with Crippen LogP contribution in [-0.2, 0) is 14.6 Å². The van der Waals surface area contributed by atoms with E-state index in [1.54, 1.807) is 0 Å². The van der Waals surface area contributed by atoms with E-state index >= 15 is 0 Å². The van der Waals surface area contributed by atoms with Crippen LogP contribution >= 0.6 is 0 Å². The number of rotatable bonds is 4. The number of hydrogen-bond acceptors (Lipinski definition) is 4. The maximum absolute atomic E-state index is 11.8. The molecule has 6 heteroatoms. The van der Waals surface area contributed by atoms with Gasteiger partial charge in [-0.05, 0) is 20.3 Å². The van der Waals surface area contributed by atoms with Gasteiger partial charge in [0.1, 0.15) is 0 Å². The normalized spacial score (nSPS) is 24.3. The number of hydrogen-bond donors (Lipinski definition) is 2. The molecule has 0 bridgehead atoms. The zero-order valence-corrected chi connectivity index (χ0v) is 11.6. The summed E-state index contributed by atoms with van der Waals surface area (Å²) in [4.78, 5) is 11.8. The second kappa shape index (κ2) is 5.35. The van der Waals surface area contributed by atoms with Gasteiger partial charge in [0, 0.05) is 24.5 Å². The Kier molecular flexibility index (Phi) is 4.55. The SMILES string of the molecule is CCC(C)(C)NC(=O)CC1CS(=O)(=O)CCN1. The molecule has 1 heterocycles. The van der Waals surface area contributed by atoms with Gasteiger partial charge in [0.05, 0.1) is 11.5 Å². The van der Waals surface area contributed by atoms with Crippen molar-refractivity contribution in [2.24, 2.45) is 0 Å². The molecular weight excluding hydrogens is 240 g/mol. The van der Waals surface area contributed by atoms with Gasteiger partial charge < -0.3 is 10.6 Å². The van der Waals surface area contributed by atoms with Crippen LogP contribution in [0.1, 0.15) is 33.6 Å². The first-order valence-electron chi connectivity index (χ1n) is 5.99. The molecule has 1 unspecified atom stereocenters. The van der Waals surface area contributed by atoms with Crippen molar-refractivity contribution in [3.05, 3.63) is 0 Å². The van der Waals surface area contributed by atoms with Crippen LogP contribution in [0.5, 0.6) is 0 Å². The van der Waals surface area contributed by atoms with Crippen LogP contribution in [0.3, 0.4) is 0 Å². The van der Waals surface area contributed by atoms with Gasteiger partial charge in [-0.15, -0.1) is 0 Å². The molecule has 0 radical (unpaired) electrons. The highest BCUT2D eigenvalue weighted by Gasteiger charge is 2.27. The van der Waals surface area contributed by atoms with Crippen LogP contribution in [0.15, 0.2) is 0 Å². The van der Waals surface area contributed by atoms with Gasteiger partial charge in [0.2, 0.25) is 5.91 Å². The molecular formula is C11H22N2O3S. The molecule has 0 aromatic rings. The van der Waals surface area contributed by atoms with Crippen LogP contribution in [0, 0.1) is 0 Å². The summed E-state index contributed by atoms with van der Waals surface area (Å²) in [6, 6.07) is -0.249. The molecule has 0 spiro atoms. The topological polar surface area (TPSA) is 75.3 Å². The van der Waals surface area contributed by atoms with E-state index in [-0.39, 0.29) is 35.4 Å². The Balaban J connectivity index is 2.47. The number of carbonyl (C=O) groups is 1. The molecule has 17 heavy (non-hydrogen) atoms. The quantitative estimate of drug-likeness (QED) is 0.752. The van der Waals surface area contributed by atoms with E-state index in [1.807, 2.05) is 20.8 Å². The number of amides is 1. The van der Waals surface area contributed by atoms with Gasteiger partial charge in [-0.25, -0.2) is 8.42 Å². The van der Waals surface area contributed by atoms with Crippen LogP contribution < -0.4 is 10.6 Å². The smallest absolute Gasteiger partial charge is 0.222 e. The van der Waals surface area contributed by atoms with Crippen molar-refractivity contribution in [3.8, 4) is 0 Å². The standard InChI is InChI=1S/C11H22N2O3S/c1-4-11(2,3)13-10(14)7-9-8-17(15,16)6-5-12-9/h9,12H,4-8H2,1-3H3,(H,13,14). The van der Waals surface area contributed by atoms with Gasteiger partial charge in [-0.3, -0.25) is 4.79 Å². The van der Waals surface area contributed by atoms with Gasteiger partial charge in [0.15, 0.2) is 9.84 Å². The third kappa shape index (κ3) is 5.04. The molecule has 0 aromatic carbocycles. The van der Waals surface area contributed by atoms with Crippen molar-refractivity contribution in [1.82, 2.24) is 10.6 Å². The second-order valence-electron chi connectivity index (χ2n) is 5.26. The lowest BCUT2D eigenvalue weighted by molar-refractivity contribution is -0.123. The lowest BCUT2D eigenvalue weighted by Crippen LogP contribution is -2.50. The van der Waals surface area contributed by atoms with Crippen LogP contribution in [0.4, 0.5) is 0 Å². The molecule has 1 aliphatic heterocycles. The third-order valence-electron chi connectivity index (χ3n) is 3.09. The van der Waals surface area contributed by atoms with E-state index < -0.39 is 9.84 Å². The first-order chi connectivity index (χ1) is 7.74. The largest absolute Gasteiger partial charge is 0.351 e. The Morgan fingerprint density at radius 1 is 1.47 bits per heavy atom. The first kappa shape index (κ1) is 14.4. The maximum Gasteiger partial charge on any atom is 0.222 e. The predicted octanol–water partition coefficient (Wildman–Crippen LogP) is 0.0679. The van der Waals surface area contributed by atoms with Crippen molar-refractivity contribution in [1.29, 1.82) is 0 Å². The zero-order valence-electron chi connectivity index (χ0n) is 10.7. The molecule has 1 rings (SSSR count). The summed E-state index contributed by atoms with van der Waals surface area (Å²) in [6.45, 7) is 6.35. The molecule has 0 aromatic heterocycles. The Morgan fingerprint density at radius 3 is 2.65 bits per heavy atom. The van der Waals surface area contributed by atoms with Crippen LogP contribution in [0.2, 0.25) is 0 Å². The fraction of sp³-hybridized carbons (Fsp3) is 0.909. The molecule has 1 amide bonds. The first-order valence-corrected chi connectivity index (χ1v) is 7.81. The monoisotopic (exact) mass is 262 g/mol. The van der Waals surface area contributed by atoms with Crippen LogP contribution in [-0.4, -0.2) is 44.0 Å². The van der Waals surface area contributed by atoms with E-state index in [9.17, 15) is 13.2 Å². The lowest BCUT2D eigenvalue weighted by Gasteiger charge is -2.27. The Bertz CT molecular complexity index is 376. The lowest BCUT2D eigenvalue weighted by atomic mass is 10.0. The van der Waals surface area contributed by atoms with Crippen molar-refractivity contribution in [3.63, 3.8) is 0 Å². The highest BCUT2D eigenvalue weighted by Crippen LogP contribution is 2.09. The van der Waals surface area contributed by atoms with Crippen LogP contribution in [0.25, 0.3) is 0 Å². The zero-order chi connectivity index (χ0) is 13.1. The summed E-state index contributed by atoms with van der Waals surface area (Å²) in [6.07, 6.45) is 1.07. The molecule has 2 N–H and O–H groups in total. The summed E-state index contributed by atoms with van der Waals surface area (Å²) in [7, 11) is -2.97. The van der Waals surface area contributed by atoms with Gasteiger partial charge in [-0.2, -0.15) is 0 Å². The summed E-state index contributed by atoms with van der Waals surface area (Å²) >= 11 is 0. The molecule has 0 saturated carbocycles. The molecule has 0 aliphatic carbocycles. The maximum atomic E-state index is 11.8. The van der Waals surface area contributed by atoms with Crippen molar-refractivity contribution < 1.29 is 13.2 Å². The van der Waals surface area contributed by atoms with Crippen molar-refractivity contribution >= 4 is 15.7 Å². The number of carbonyl (C=O) groups excluding carboxylic acids is 1. The van der Waals surface area contributed by atoms with E-state index in [0.29, 0.717) is 6.54 Å².